The zero-order chi connectivity index (χ0) is 9.42. The topological polar surface area (TPSA) is 26.0 Å². The number of hydrogen-bond acceptors (Lipinski definition) is 3. The molecule has 0 fully saturated rings. The molecule has 1 aromatic heterocycles. The van der Waals surface area contributed by atoms with Crippen molar-refractivity contribution in [3.8, 4) is 0 Å². The van der Waals surface area contributed by atoms with E-state index in [1.54, 1.807) is 23.1 Å². The van der Waals surface area contributed by atoms with E-state index in [9.17, 15) is 0 Å². The first-order valence-electron chi connectivity index (χ1n) is 3.73. The minimum Gasteiger partial charge on any atom is -0.398 e. The lowest BCUT2D eigenvalue weighted by Crippen LogP contribution is -1.83. The fourth-order valence-corrected chi connectivity index (χ4v) is 3.69. The third kappa shape index (κ3) is 1.55. The third-order valence-electron chi connectivity index (χ3n) is 1.88. The van der Waals surface area contributed by atoms with Gasteiger partial charge in [-0.25, -0.2) is 0 Å². The van der Waals surface area contributed by atoms with Gasteiger partial charge in [0.15, 0.2) is 0 Å². The average Bonchev–Trinajstić information content (AvgIpc) is 2.51. The van der Waals surface area contributed by atoms with Gasteiger partial charge in [0.05, 0.1) is 10.4 Å². The maximum absolute atomic E-state index is 5.92. The number of fused-ring (bicyclic) bond motifs is 1. The smallest absolute Gasteiger partial charge is 0.0514 e. The fourth-order valence-electron chi connectivity index (χ4n) is 1.28. The van der Waals surface area contributed by atoms with Crippen LogP contribution in [0.5, 0.6) is 0 Å². The van der Waals surface area contributed by atoms with Crippen LogP contribution in [0, 0.1) is 3.57 Å². The highest BCUT2D eigenvalue weighted by Gasteiger charge is 2.08. The minimum absolute atomic E-state index is 0.905. The van der Waals surface area contributed by atoms with Gasteiger partial charge in [0.2, 0.25) is 0 Å². The maximum atomic E-state index is 5.92. The molecule has 4 heteroatoms. The van der Waals surface area contributed by atoms with Gasteiger partial charge in [-0.2, -0.15) is 0 Å². The van der Waals surface area contributed by atoms with E-state index in [1.807, 2.05) is 5.38 Å². The Morgan fingerprint density at radius 2 is 2.23 bits per heavy atom. The summed E-state index contributed by atoms with van der Waals surface area (Å²) in [6.45, 7) is 0. The maximum Gasteiger partial charge on any atom is 0.0514 e. The Labute approximate surface area is 98.8 Å². The monoisotopic (exact) mass is 321 g/mol. The van der Waals surface area contributed by atoms with Crippen molar-refractivity contribution < 1.29 is 0 Å². The van der Waals surface area contributed by atoms with E-state index >= 15 is 0 Å². The molecule has 0 unspecified atom stereocenters. The second-order valence-electron chi connectivity index (χ2n) is 2.64. The highest BCUT2D eigenvalue weighted by molar-refractivity contribution is 14.1. The Hall–Kier alpha value is 0.0600. The molecule has 0 atom stereocenters. The number of thiophene rings is 1. The van der Waals surface area contributed by atoms with E-state index in [0.717, 1.165) is 5.69 Å². The lowest BCUT2D eigenvalue weighted by molar-refractivity contribution is 1.56. The summed E-state index contributed by atoms with van der Waals surface area (Å²) in [6.07, 6.45) is 2.08. The van der Waals surface area contributed by atoms with Crippen LogP contribution in [0.3, 0.4) is 0 Å². The highest BCUT2D eigenvalue weighted by Crippen LogP contribution is 2.37. The molecule has 0 aliphatic carbocycles. The molecule has 2 aromatic rings. The van der Waals surface area contributed by atoms with E-state index in [-0.39, 0.29) is 0 Å². The van der Waals surface area contributed by atoms with E-state index in [4.69, 9.17) is 5.73 Å². The standard InChI is InChI=1S/C9H8INS2/c1-12-7-3-2-5(10)9-8(7)6(11)4-13-9/h2-4H,11H2,1H3. The number of thioether (sulfide) groups is 1. The van der Waals surface area contributed by atoms with Crippen molar-refractivity contribution in [3.63, 3.8) is 0 Å². The van der Waals surface area contributed by atoms with Crippen molar-refractivity contribution in [1.29, 1.82) is 0 Å². The summed E-state index contributed by atoms with van der Waals surface area (Å²) in [7, 11) is 0. The molecule has 68 valence electrons. The minimum atomic E-state index is 0.905. The highest BCUT2D eigenvalue weighted by atomic mass is 127. The molecule has 0 saturated heterocycles. The predicted molar refractivity (Wildman–Crippen MR) is 70.7 cm³/mol. The van der Waals surface area contributed by atoms with Crippen LogP contribution >= 0.6 is 45.7 Å². The Bertz CT molecular complexity index is 450. The van der Waals surface area contributed by atoms with Gasteiger partial charge in [-0.1, -0.05) is 0 Å². The molecule has 0 amide bonds. The lowest BCUT2D eigenvalue weighted by atomic mass is 10.2. The SMILES string of the molecule is CSc1ccc(I)c2scc(N)c12. The summed E-state index contributed by atoms with van der Waals surface area (Å²) in [5, 5.41) is 3.25. The number of anilines is 1. The van der Waals surface area contributed by atoms with Gasteiger partial charge in [0.25, 0.3) is 0 Å². The zero-order valence-electron chi connectivity index (χ0n) is 7.00. The Balaban J connectivity index is 2.88. The summed E-state index contributed by atoms with van der Waals surface area (Å²) < 4.78 is 2.59. The number of hydrogen-bond donors (Lipinski definition) is 1. The van der Waals surface area contributed by atoms with Crippen LogP contribution < -0.4 is 5.73 Å². The van der Waals surface area contributed by atoms with Crippen molar-refractivity contribution >= 4 is 61.5 Å². The molecule has 1 aromatic carbocycles. The molecule has 0 saturated carbocycles. The molecular weight excluding hydrogens is 313 g/mol. The number of rotatable bonds is 1. The number of nitrogens with two attached hydrogens (primary N) is 1. The molecule has 1 heterocycles. The number of halogens is 1. The Morgan fingerprint density at radius 1 is 1.46 bits per heavy atom. The van der Waals surface area contributed by atoms with E-state index in [1.165, 1.54) is 18.6 Å². The van der Waals surface area contributed by atoms with E-state index < -0.39 is 0 Å². The average molecular weight is 321 g/mol. The van der Waals surface area contributed by atoms with Gasteiger partial charge in [-0.15, -0.1) is 23.1 Å². The molecule has 0 radical (unpaired) electrons. The van der Waals surface area contributed by atoms with Crippen molar-refractivity contribution in [2.24, 2.45) is 0 Å². The van der Waals surface area contributed by atoms with Crippen LogP contribution in [0.25, 0.3) is 10.1 Å². The van der Waals surface area contributed by atoms with Crippen LogP contribution in [0.4, 0.5) is 5.69 Å². The van der Waals surface area contributed by atoms with Gasteiger partial charge >= 0.3 is 0 Å². The summed E-state index contributed by atoms with van der Waals surface area (Å²) in [5.41, 5.74) is 6.82. The summed E-state index contributed by atoms with van der Waals surface area (Å²) in [5.74, 6) is 0. The fraction of sp³-hybridized carbons (Fsp3) is 0.111. The molecular formula is C9H8INS2. The van der Waals surface area contributed by atoms with Crippen molar-refractivity contribution in [2.45, 2.75) is 4.90 Å². The van der Waals surface area contributed by atoms with Gasteiger partial charge < -0.3 is 5.73 Å². The predicted octanol–water partition coefficient (Wildman–Crippen LogP) is 3.81. The molecule has 1 nitrogen and oxygen atoms in total. The quantitative estimate of drug-likeness (QED) is 0.638. The van der Waals surface area contributed by atoms with Crippen molar-refractivity contribution in [3.05, 3.63) is 21.1 Å². The third-order valence-corrected chi connectivity index (χ3v) is 4.96. The first-order valence-corrected chi connectivity index (χ1v) is 6.91. The Morgan fingerprint density at radius 3 is 2.92 bits per heavy atom. The first kappa shape index (κ1) is 9.61. The van der Waals surface area contributed by atoms with Crippen LogP contribution in [0.2, 0.25) is 0 Å². The largest absolute Gasteiger partial charge is 0.398 e. The molecule has 2 N–H and O–H groups in total. The van der Waals surface area contributed by atoms with Crippen molar-refractivity contribution in [2.75, 3.05) is 12.0 Å². The summed E-state index contributed by atoms with van der Waals surface area (Å²) >= 11 is 5.82. The van der Waals surface area contributed by atoms with E-state index in [0.29, 0.717) is 0 Å². The number of benzene rings is 1. The molecule has 0 spiro atoms. The summed E-state index contributed by atoms with van der Waals surface area (Å²) in [4.78, 5) is 1.27. The normalized spacial score (nSPS) is 10.9. The van der Waals surface area contributed by atoms with Gasteiger partial charge in [0.1, 0.15) is 0 Å². The zero-order valence-corrected chi connectivity index (χ0v) is 10.8. The van der Waals surface area contributed by atoms with E-state index in [2.05, 4.69) is 41.0 Å². The Kier molecular flexibility index (Phi) is 2.71. The molecule has 2 rings (SSSR count). The first-order chi connectivity index (χ1) is 6.24. The second-order valence-corrected chi connectivity index (χ2v) is 5.53. The molecule has 0 aliphatic heterocycles. The van der Waals surface area contributed by atoms with Crippen LogP contribution in [-0.4, -0.2) is 6.26 Å². The summed E-state index contributed by atoms with van der Waals surface area (Å²) in [6, 6.07) is 4.28. The van der Waals surface area contributed by atoms with Gasteiger partial charge in [0, 0.05) is 19.2 Å². The molecule has 0 bridgehead atoms. The van der Waals surface area contributed by atoms with Crippen LogP contribution in [0.15, 0.2) is 22.4 Å². The lowest BCUT2D eigenvalue weighted by Gasteiger charge is -2.01. The van der Waals surface area contributed by atoms with Gasteiger partial charge in [-0.05, 0) is 41.0 Å². The van der Waals surface area contributed by atoms with Gasteiger partial charge in [-0.3, -0.25) is 0 Å². The van der Waals surface area contributed by atoms with Crippen LogP contribution in [-0.2, 0) is 0 Å². The second kappa shape index (κ2) is 3.67. The molecule has 0 aliphatic rings. The number of nitrogen functional groups attached to an aromatic ring is 1. The van der Waals surface area contributed by atoms with Crippen LogP contribution in [0.1, 0.15) is 0 Å². The van der Waals surface area contributed by atoms with Crippen molar-refractivity contribution in [1.82, 2.24) is 0 Å². The molecule has 13 heavy (non-hydrogen) atoms.